The van der Waals surface area contributed by atoms with Crippen molar-refractivity contribution in [2.45, 2.75) is 64.1 Å². The van der Waals surface area contributed by atoms with Crippen LogP contribution in [0.4, 0.5) is 0 Å². The summed E-state index contributed by atoms with van der Waals surface area (Å²) in [6.07, 6.45) is 10.1. The molecule has 2 aliphatic rings. The van der Waals surface area contributed by atoms with Crippen molar-refractivity contribution < 1.29 is 9.59 Å². The van der Waals surface area contributed by atoms with Gasteiger partial charge in [-0.15, -0.1) is 0 Å². The van der Waals surface area contributed by atoms with Crippen molar-refractivity contribution in [3.63, 3.8) is 0 Å². The molecule has 126 valence electrons. The standard InChI is InChI=1S/C17H26N4O2/c1-13(22)19-16(14-6-2-3-7-14)17(23)21-11-4-8-15(21)12-20-10-5-9-18-20/h5,9-10,14-16H,2-4,6-8,11-12H2,1H3,(H,19,22). The second-order valence-electron chi connectivity index (χ2n) is 6.78. The Balaban J connectivity index is 1.70. The van der Waals surface area contributed by atoms with Crippen LogP contribution in [0.15, 0.2) is 18.5 Å². The molecule has 0 aromatic carbocycles. The Labute approximate surface area is 137 Å². The number of hydrogen-bond acceptors (Lipinski definition) is 3. The Morgan fingerprint density at radius 2 is 2.04 bits per heavy atom. The lowest BCUT2D eigenvalue weighted by atomic mass is 9.96. The van der Waals surface area contributed by atoms with E-state index in [0.717, 1.165) is 51.6 Å². The van der Waals surface area contributed by atoms with Crippen LogP contribution in [0.3, 0.4) is 0 Å². The predicted molar refractivity (Wildman–Crippen MR) is 86.5 cm³/mol. The van der Waals surface area contributed by atoms with Gasteiger partial charge < -0.3 is 10.2 Å². The van der Waals surface area contributed by atoms with Crippen molar-refractivity contribution in [1.29, 1.82) is 0 Å². The van der Waals surface area contributed by atoms with Gasteiger partial charge in [-0.1, -0.05) is 12.8 Å². The second-order valence-corrected chi connectivity index (χ2v) is 6.78. The first-order valence-corrected chi connectivity index (χ1v) is 8.70. The Morgan fingerprint density at radius 3 is 2.70 bits per heavy atom. The highest BCUT2D eigenvalue weighted by molar-refractivity contribution is 5.87. The highest BCUT2D eigenvalue weighted by Crippen LogP contribution is 2.30. The van der Waals surface area contributed by atoms with Crippen LogP contribution in [0.2, 0.25) is 0 Å². The molecular weight excluding hydrogens is 292 g/mol. The van der Waals surface area contributed by atoms with Gasteiger partial charge in [0.1, 0.15) is 6.04 Å². The molecule has 0 radical (unpaired) electrons. The van der Waals surface area contributed by atoms with E-state index in [0.29, 0.717) is 0 Å². The van der Waals surface area contributed by atoms with Crippen molar-refractivity contribution >= 4 is 11.8 Å². The van der Waals surface area contributed by atoms with E-state index in [9.17, 15) is 9.59 Å². The number of rotatable bonds is 5. The van der Waals surface area contributed by atoms with Crippen molar-refractivity contribution in [1.82, 2.24) is 20.0 Å². The van der Waals surface area contributed by atoms with Crippen LogP contribution < -0.4 is 5.32 Å². The van der Waals surface area contributed by atoms with Gasteiger partial charge in [-0.3, -0.25) is 14.3 Å². The fourth-order valence-electron chi connectivity index (χ4n) is 4.01. The lowest BCUT2D eigenvalue weighted by Gasteiger charge is -2.31. The molecular formula is C17H26N4O2. The number of carbonyl (C=O) groups is 2. The smallest absolute Gasteiger partial charge is 0.245 e. The van der Waals surface area contributed by atoms with Crippen LogP contribution in [0, 0.1) is 5.92 Å². The molecule has 1 aliphatic carbocycles. The maximum Gasteiger partial charge on any atom is 0.245 e. The molecule has 1 N–H and O–H groups in total. The summed E-state index contributed by atoms with van der Waals surface area (Å²) in [5, 5.41) is 7.18. The van der Waals surface area contributed by atoms with Crippen molar-refractivity contribution in [3.8, 4) is 0 Å². The van der Waals surface area contributed by atoms with Gasteiger partial charge in [0.15, 0.2) is 0 Å². The maximum absolute atomic E-state index is 13.1. The molecule has 2 fully saturated rings. The minimum atomic E-state index is -0.353. The Kier molecular flexibility index (Phi) is 4.98. The summed E-state index contributed by atoms with van der Waals surface area (Å²) < 4.78 is 1.89. The van der Waals surface area contributed by atoms with Gasteiger partial charge >= 0.3 is 0 Å². The third-order valence-corrected chi connectivity index (χ3v) is 5.11. The third kappa shape index (κ3) is 3.74. The lowest BCUT2D eigenvalue weighted by molar-refractivity contribution is -0.138. The van der Waals surface area contributed by atoms with Crippen LogP contribution in [-0.4, -0.2) is 45.1 Å². The van der Waals surface area contributed by atoms with Crippen LogP contribution >= 0.6 is 0 Å². The highest BCUT2D eigenvalue weighted by atomic mass is 16.2. The zero-order chi connectivity index (χ0) is 16.2. The normalized spacial score (nSPS) is 23.2. The fourth-order valence-corrected chi connectivity index (χ4v) is 4.01. The molecule has 6 nitrogen and oxygen atoms in total. The Hall–Kier alpha value is -1.85. The Bertz CT molecular complexity index is 537. The number of carbonyl (C=O) groups excluding carboxylic acids is 2. The average Bonchev–Trinajstić information content (AvgIpc) is 3.26. The van der Waals surface area contributed by atoms with Gasteiger partial charge in [0.25, 0.3) is 0 Å². The number of aromatic nitrogens is 2. The van der Waals surface area contributed by atoms with Gasteiger partial charge in [0.2, 0.25) is 11.8 Å². The van der Waals surface area contributed by atoms with E-state index >= 15 is 0 Å². The first-order valence-electron chi connectivity index (χ1n) is 8.70. The molecule has 1 aliphatic heterocycles. The summed E-state index contributed by atoms with van der Waals surface area (Å²) in [5.74, 6) is 0.275. The molecule has 2 unspecified atom stereocenters. The van der Waals surface area contributed by atoms with Crippen LogP contribution in [-0.2, 0) is 16.1 Å². The molecule has 3 rings (SSSR count). The zero-order valence-electron chi connectivity index (χ0n) is 13.8. The molecule has 2 amide bonds. The summed E-state index contributed by atoms with van der Waals surface area (Å²) in [6, 6.07) is 1.73. The summed E-state index contributed by atoms with van der Waals surface area (Å²) in [4.78, 5) is 26.6. The highest BCUT2D eigenvalue weighted by Gasteiger charge is 2.38. The molecule has 1 saturated heterocycles. The second kappa shape index (κ2) is 7.15. The monoisotopic (exact) mass is 318 g/mol. The van der Waals surface area contributed by atoms with Crippen molar-refractivity contribution in [3.05, 3.63) is 18.5 Å². The minimum Gasteiger partial charge on any atom is -0.344 e. The van der Waals surface area contributed by atoms with E-state index in [1.807, 2.05) is 21.8 Å². The van der Waals surface area contributed by atoms with Crippen molar-refractivity contribution in [2.24, 2.45) is 5.92 Å². The maximum atomic E-state index is 13.1. The van der Waals surface area contributed by atoms with Crippen LogP contribution in [0.25, 0.3) is 0 Å². The first kappa shape index (κ1) is 16.0. The molecule has 0 bridgehead atoms. The fraction of sp³-hybridized carbons (Fsp3) is 0.706. The van der Waals surface area contributed by atoms with Crippen molar-refractivity contribution in [2.75, 3.05) is 6.54 Å². The largest absolute Gasteiger partial charge is 0.344 e. The average molecular weight is 318 g/mol. The minimum absolute atomic E-state index is 0.0988. The molecule has 1 aromatic rings. The van der Waals surface area contributed by atoms with E-state index in [1.54, 1.807) is 6.20 Å². The molecule has 1 saturated carbocycles. The van der Waals surface area contributed by atoms with E-state index in [4.69, 9.17) is 0 Å². The summed E-state index contributed by atoms with van der Waals surface area (Å²) in [6.45, 7) is 3.02. The van der Waals surface area contributed by atoms with E-state index in [1.165, 1.54) is 6.92 Å². The van der Waals surface area contributed by atoms with E-state index < -0.39 is 0 Å². The Morgan fingerprint density at radius 1 is 1.26 bits per heavy atom. The van der Waals surface area contributed by atoms with Gasteiger partial charge in [-0.05, 0) is 37.7 Å². The topological polar surface area (TPSA) is 67.2 Å². The zero-order valence-corrected chi connectivity index (χ0v) is 13.8. The number of amides is 2. The number of hydrogen-bond donors (Lipinski definition) is 1. The van der Waals surface area contributed by atoms with Gasteiger partial charge in [-0.2, -0.15) is 5.10 Å². The van der Waals surface area contributed by atoms with Crippen LogP contribution in [0.1, 0.15) is 45.4 Å². The predicted octanol–water partition coefficient (Wildman–Crippen LogP) is 1.57. The SMILES string of the molecule is CC(=O)NC(C(=O)N1CCCC1Cn1cccn1)C1CCCC1. The lowest BCUT2D eigenvalue weighted by Crippen LogP contribution is -2.53. The van der Waals surface area contributed by atoms with Gasteiger partial charge in [0, 0.05) is 25.9 Å². The van der Waals surface area contributed by atoms with Gasteiger partial charge in [-0.25, -0.2) is 0 Å². The van der Waals surface area contributed by atoms with Gasteiger partial charge in [0.05, 0.1) is 12.6 Å². The first-order chi connectivity index (χ1) is 11.1. The number of nitrogens with zero attached hydrogens (tertiary/aromatic N) is 3. The number of likely N-dealkylation sites (tertiary alicyclic amines) is 1. The molecule has 0 spiro atoms. The summed E-state index contributed by atoms with van der Waals surface area (Å²) in [5.41, 5.74) is 0. The van der Waals surface area contributed by atoms with Crippen LogP contribution in [0.5, 0.6) is 0 Å². The van der Waals surface area contributed by atoms with E-state index in [-0.39, 0.29) is 29.8 Å². The molecule has 2 atom stereocenters. The summed E-state index contributed by atoms with van der Waals surface area (Å²) in [7, 11) is 0. The summed E-state index contributed by atoms with van der Waals surface area (Å²) >= 11 is 0. The molecule has 2 heterocycles. The third-order valence-electron chi connectivity index (χ3n) is 5.11. The quantitative estimate of drug-likeness (QED) is 0.896. The molecule has 23 heavy (non-hydrogen) atoms. The number of nitrogens with one attached hydrogen (secondary N) is 1. The van der Waals surface area contributed by atoms with E-state index in [2.05, 4.69) is 10.4 Å². The molecule has 6 heteroatoms. The molecule has 1 aromatic heterocycles.